The molecule has 0 spiro atoms. The minimum Gasteiger partial charge on any atom is -0.453 e. The van der Waals surface area contributed by atoms with E-state index in [4.69, 9.17) is 0 Å². The minimum absolute atomic E-state index is 0.0142. The average Bonchev–Trinajstić information content (AvgIpc) is 2.62. The molecule has 1 atom stereocenters. The Morgan fingerprint density at radius 1 is 1.15 bits per heavy atom. The van der Waals surface area contributed by atoms with E-state index in [-0.39, 0.29) is 5.91 Å². The van der Waals surface area contributed by atoms with Gasteiger partial charge in [0.05, 0.1) is 7.11 Å². The lowest BCUT2D eigenvalue weighted by Gasteiger charge is -2.37. The van der Waals surface area contributed by atoms with Crippen LogP contribution in [0, 0.1) is 12.8 Å². The van der Waals surface area contributed by atoms with E-state index in [1.54, 1.807) is 0 Å². The third-order valence-corrected chi connectivity index (χ3v) is 4.82. The molecule has 1 fully saturated rings. The summed E-state index contributed by atoms with van der Waals surface area (Å²) >= 11 is 0. The molecule has 1 unspecified atom stereocenters. The van der Waals surface area contributed by atoms with Crippen LogP contribution < -0.4 is 5.32 Å². The van der Waals surface area contributed by atoms with E-state index in [0.29, 0.717) is 25.4 Å². The highest BCUT2D eigenvalue weighted by atomic mass is 16.5. The Hall–Kier alpha value is -2.08. The average molecular weight is 361 g/mol. The number of rotatable bonds is 6. The first-order valence-corrected chi connectivity index (χ1v) is 9.30. The predicted molar refractivity (Wildman–Crippen MR) is 102 cm³/mol. The molecule has 0 saturated carbocycles. The Kier molecular flexibility index (Phi) is 7.45. The van der Waals surface area contributed by atoms with Crippen LogP contribution in [0.4, 0.5) is 4.79 Å². The zero-order valence-electron chi connectivity index (χ0n) is 16.3. The molecule has 2 rings (SSSR count). The molecule has 1 heterocycles. The van der Waals surface area contributed by atoms with Crippen molar-refractivity contribution in [3.63, 3.8) is 0 Å². The maximum Gasteiger partial charge on any atom is 0.407 e. The summed E-state index contributed by atoms with van der Waals surface area (Å²) in [4.78, 5) is 28.6. The Morgan fingerprint density at radius 3 is 2.38 bits per heavy atom. The van der Waals surface area contributed by atoms with Crippen LogP contribution in [0.1, 0.15) is 31.4 Å². The fourth-order valence-corrected chi connectivity index (χ4v) is 3.27. The van der Waals surface area contributed by atoms with Gasteiger partial charge in [-0.05, 0) is 30.4 Å². The summed E-state index contributed by atoms with van der Waals surface area (Å²) in [5, 5.41) is 2.69. The molecule has 1 aliphatic rings. The number of carbonyl (C=O) groups excluding carboxylic acids is 2. The number of amides is 2. The molecule has 2 amide bonds. The Bertz CT molecular complexity index is 610. The first-order valence-electron chi connectivity index (χ1n) is 9.30. The topological polar surface area (TPSA) is 61.9 Å². The number of nitrogens with zero attached hydrogens (tertiary/aromatic N) is 2. The number of hydrogen-bond acceptors (Lipinski definition) is 4. The van der Waals surface area contributed by atoms with Crippen LogP contribution in [0.3, 0.4) is 0 Å². The molecule has 1 aromatic rings. The van der Waals surface area contributed by atoms with Gasteiger partial charge in [0.15, 0.2) is 0 Å². The quantitative estimate of drug-likeness (QED) is 0.845. The number of carbonyl (C=O) groups is 2. The van der Waals surface area contributed by atoms with Crippen molar-refractivity contribution in [2.24, 2.45) is 5.92 Å². The van der Waals surface area contributed by atoms with Crippen LogP contribution in [-0.4, -0.2) is 61.1 Å². The fraction of sp³-hybridized carbons (Fsp3) is 0.600. The monoisotopic (exact) mass is 361 g/mol. The zero-order chi connectivity index (χ0) is 19.1. The van der Waals surface area contributed by atoms with E-state index < -0.39 is 12.1 Å². The second kappa shape index (κ2) is 9.57. The molecule has 0 radical (unpaired) electrons. The predicted octanol–water partition coefficient (Wildman–Crippen LogP) is 2.41. The molecule has 26 heavy (non-hydrogen) atoms. The fourth-order valence-electron chi connectivity index (χ4n) is 3.27. The molecule has 1 aliphatic heterocycles. The van der Waals surface area contributed by atoms with Crippen LogP contribution in [0.5, 0.6) is 0 Å². The third-order valence-electron chi connectivity index (χ3n) is 4.82. The number of ether oxygens (including phenoxy) is 1. The SMILES string of the molecule is COC(=O)NC(CC(C)C)C(=O)N1CCN(Cc2ccccc2C)CC1. The Labute approximate surface area is 156 Å². The summed E-state index contributed by atoms with van der Waals surface area (Å²) in [6.45, 7) is 10.2. The summed E-state index contributed by atoms with van der Waals surface area (Å²) in [5.74, 6) is 0.295. The van der Waals surface area contributed by atoms with Gasteiger partial charge in [0.1, 0.15) is 6.04 Å². The Morgan fingerprint density at radius 2 is 1.81 bits per heavy atom. The molecule has 0 aliphatic carbocycles. The number of nitrogens with one attached hydrogen (secondary N) is 1. The number of hydrogen-bond donors (Lipinski definition) is 1. The molecular formula is C20H31N3O3. The molecular weight excluding hydrogens is 330 g/mol. The van der Waals surface area contributed by atoms with Crippen LogP contribution >= 0.6 is 0 Å². The number of benzene rings is 1. The number of alkyl carbamates (subject to hydrolysis) is 1. The van der Waals surface area contributed by atoms with Gasteiger partial charge in [0.25, 0.3) is 0 Å². The van der Waals surface area contributed by atoms with Crippen molar-refractivity contribution in [1.29, 1.82) is 0 Å². The molecule has 0 aromatic heterocycles. The lowest BCUT2D eigenvalue weighted by Crippen LogP contribution is -2.55. The van der Waals surface area contributed by atoms with Crippen molar-refractivity contribution >= 4 is 12.0 Å². The van der Waals surface area contributed by atoms with Crippen molar-refractivity contribution in [2.75, 3.05) is 33.3 Å². The van der Waals surface area contributed by atoms with Crippen molar-refractivity contribution in [2.45, 2.75) is 39.8 Å². The summed E-state index contributed by atoms with van der Waals surface area (Å²) in [6.07, 6.45) is 0.0550. The lowest BCUT2D eigenvalue weighted by atomic mass is 10.0. The molecule has 0 bridgehead atoms. The maximum absolute atomic E-state index is 12.8. The highest BCUT2D eigenvalue weighted by Gasteiger charge is 2.29. The summed E-state index contributed by atoms with van der Waals surface area (Å²) < 4.78 is 4.67. The van der Waals surface area contributed by atoms with E-state index in [1.165, 1.54) is 18.2 Å². The van der Waals surface area contributed by atoms with E-state index in [2.05, 4.69) is 46.1 Å². The molecule has 144 valence electrons. The van der Waals surface area contributed by atoms with Crippen molar-refractivity contribution in [3.05, 3.63) is 35.4 Å². The number of aryl methyl sites for hydroxylation is 1. The highest BCUT2D eigenvalue weighted by Crippen LogP contribution is 2.14. The van der Waals surface area contributed by atoms with Crippen molar-refractivity contribution < 1.29 is 14.3 Å². The van der Waals surface area contributed by atoms with E-state index >= 15 is 0 Å². The summed E-state index contributed by atoms with van der Waals surface area (Å²) in [5.41, 5.74) is 2.63. The first-order chi connectivity index (χ1) is 12.4. The molecule has 6 heteroatoms. The van der Waals surface area contributed by atoms with Gasteiger partial charge in [-0.3, -0.25) is 9.69 Å². The van der Waals surface area contributed by atoms with Gasteiger partial charge in [-0.2, -0.15) is 0 Å². The van der Waals surface area contributed by atoms with Gasteiger partial charge < -0.3 is 15.0 Å². The normalized spacial score (nSPS) is 16.4. The van der Waals surface area contributed by atoms with E-state index in [9.17, 15) is 9.59 Å². The van der Waals surface area contributed by atoms with Gasteiger partial charge >= 0.3 is 6.09 Å². The van der Waals surface area contributed by atoms with Gasteiger partial charge in [-0.25, -0.2) is 4.79 Å². The van der Waals surface area contributed by atoms with Crippen molar-refractivity contribution in [3.8, 4) is 0 Å². The van der Waals surface area contributed by atoms with Crippen molar-refractivity contribution in [1.82, 2.24) is 15.1 Å². The number of piperazine rings is 1. The second-order valence-electron chi connectivity index (χ2n) is 7.35. The van der Waals surface area contributed by atoms with Gasteiger partial charge in [-0.15, -0.1) is 0 Å². The maximum atomic E-state index is 12.8. The highest BCUT2D eigenvalue weighted by molar-refractivity contribution is 5.85. The van der Waals surface area contributed by atoms with Crippen LogP contribution in [0.2, 0.25) is 0 Å². The Balaban J connectivity index is 1.91. The van der Waals surface area contributed by atoms with Crippen LogP contribution in [0.15, 0.2) is 24.3 Å². The molecule has 1 saturated heterocycles. The summed E-state index contributed by atoms with van der Waals surface area (Å²) in [7, 11) is 1.32. The van der Waals surface area contributed by atoms with Crippen LogP contribution in [-0.2, 0) is 16.1 Å². The van der Waals surface area contributed by atoms with E-state index in [1.807, 2.05) is 18.7 Å². The summed E-state index contributed by atoms with van der Waals surface area (Å²) in [6, 6.07) is 7.89. The number of methoxy groups -OCH3 is 1. The zero-order valence-corrected chi connectivity index (χ0v) is 16.3. The van der Waals surface area contributed by atoms with Crippen LogP contribution in [0.25, 0.3) is 0 Å². The van der Waals surface area contributed by atoms with Gasteiger partial charge in [-0.1, -0.05) is 38.1 Å². The second-order valence-corrected chi connectivity index (χ2v) is 7.35. The molecule has 6 nitrogen and oxygen atoms in total. The molecule has 1 aromatic carbocycles. The lowest BCUT2D eigenvalue weighted by molar-refractivity contribution is -0.135. The third kappa shape index (κ3) is 5.73. The van der Waals surface area contributed by atoms with Gasteiger partial charge in [0, 0.05) is 32.7 Å². The smallest absolute Gasteiger partial charge is 0.407 e. The van der Waals surface area contributed by atoms with E-state index in [0.717, 1.165) is 19.6 Å². The van der Waals surface area contributed by atoms with Gasteiger partial charge in [0.2, 0.25) is 5.91 Å². The molecule has 1 N–H and O–H groups in total. The first kappa shape index (κ1) is 20.2. The largest absolute Gasteiger partial charge is 0.453 e. The minimum atomic E-state index is -0.554. The standard InChI is InChI=1S/C20H31N3O3/c1-15(2)13-18(21-20(25)26-4)19(24)23-11-9-22(10-12-23)14-17-8-6-5-7-16(17)3/h5-8,15,18H,9-14H2,1-4H3,(H,21,25).